The molecule has 1 atom stereocenters. The molecule has 0 fully saturated rings. The van der Waals surface area contributed by atoms with E-state index in [9.17, 15) is 26.8 Å². The van der Waals surface area contributed by atoms with Gasteiger partial charge in [-0.05, 0) is 48.4 Å². The number of nitrogens with one attached hydrogen (secondary N) is 2. The summed E-state index contributed by atoms with van der Waals surface area (Å²) in [4.78, 5) is 36.0. The number of aromatic nitrogens is 2. The Morgan fingerprint density at radius 3 is 2.65 bits per heavy atom. The SMILES string of the molecule is CN(C(=O)C(Cc1cc(F)cc(F)c1)NC(=O)NS(=O)(=O)N1CCc2c(Cl)ccnc21)c1ccc2scnc2c1. The lowest BCUT2D eigenvalue weighted by molar-refractivity contribution is -0.120. The lowest BCUT2D eigenvalue weighted by atomic mass is 10.0. The van der Waals surface area contributed by atoms with Crippen molar-refractivity contribution in [2.75, 3.05) is 22.8 Å². The van der Waals surface area contributed by atoms with Crippen LogP contribution in [-0.2, 0) is 27.8 Å². The van der Waals surface area contributed by atoms with E-state index >= 15 is 0 Å². The summed E-state index contributed by atoms with van der Waals surface area (Å²) in [6, 6.07) is 6.79. The van der Waals surface area contributed by atoms with Gasteiger partial charge in [-0.1, -0.05) is 11.6 Å². The van der Waals surface area contributed by atoms with Crippen LogP contribution in [-0.4, -0.2) is 50.0 Å². The molecular formula is C25H21ClF2N6O4S2. The predicted octanol–water partition coefficient (Wildman–Crippen LogP) is 3.80. The quantitative estimate of drug-likeness (QED) is 0.330. The normalized spacial score (nSPS) is 13.7. The Kier molecular flexibility index (Phi) is 7.57. The van der Waals surface area contributed by atoms with E-state index in [1.807, 2.05) is 4.72 Å². The highest BCUT2D eigenvalue weighted by molar-refractivity contribution is 7.91. The summed E-state index contributed by atoms with van der Waals surface area (Å²) in [5.74, 6) is -2.30. The van der Waals surface area contributed by atoms with E-state index in [0.29, 0.717) is 34.3 Å². The van der Waals surface area contributed by atoms with Gasteiger partial charge in [0.1, 0.15) is 23.5 Å². The van der Waals surface area contributed by atoms with E-state index in [2.05, 4.69) is 15.3 Å². The molecule has 208 valence electrons. The highest BCUT2D eigenvalue weighted by atomic mass is 35.5. The van der Waals surface area contributed by atoms with Crippen LogP contribution in [0.4, 0.5) is 25.1 Å². The number of benzene rings is 2. The molecule has 3 amide bonds. The molecule has 10 nitrogen and oxygen atoms in total. The van der Waals surface area contributed by atoms with Crippen LogP contribution in [0, 0.1) is 11.6 Å². The number of amides is 3. The molecule has 40 heavy (non-hydrogen) atoms. The smallest absolute Gasteiger partial charge is 0.325 e. The fourth-order valence-corrected chi connectivity index (χ4v) is 6.41. The van der Waals surface area contributed by atoms with Crippen LogP contribution in [0.25, 0.3) is 10.2 Å². The average Bonchev–Trinajstić information content (AvgIpc) is 3.54. The topological polar surface area (TPSA) is 125 Å². The van der Waals surface area contributed by atoms with Gasteiger partial charge in [0.05, 0.1) is 15.7 Å². The molecule has 3 heterocycles. The number of carbonyl (C=O) groups is 2. The van der Waals surface area contributed by atoms with Crippen molar-refractivity contribution in [1.29, 1.82) is 0 Å². The van der Waals surface area contributed by atoms with Gasteiger partial charge in [0, 0.05) is 48.5 Å². The molecule has 15 heteroatoms. The monoisotopic (exact) mass is 606 g/mol. The number of hydrogen-bond acceptors (Lipinski definition) is 7. The van der Waals surface area contributed by atoms with E-state index in [-0.39, 0.29) is 24.3 Å². The van der Waals surface area contributed by atoms with E-state index in [1.54, 1.807) is 23.7 Å². The maximum atomic E-state index is 13.9. The molecule has 0 bridgehead atoms. The first-order valence-corrected chi connectivity index (χ1v) is 14.5. The van der Waals surface area contributed by atoms with Crippen molar-refractivity contribution in [3.8, 4) is 0 Å². The zero-order chi connectivity index (χ0) is 28.6. The molecule has 0 saturated heterocycles. The van der Waals surface area contributed by atoms with Gasteiger partial charge in [-0.15, -0.1) is 11.3 Å². The number of thiazole rings is 1. The molecule has 5 rings (SSSR count). The Morgan fingerprint density at radius 1 is 1.15 bits per heavy atom. The average molecular weight is 607 g/mol. The maximum Gasteiger partial charge on any atom is 0.330 e. The van der Waals surface area contributed by atoms with Gasteiger partial charge in [-0.3, -0.25) is 4.79 Å². The van der Waals surface area contributed by atoms with Crippen molar-refractivity contribution < 1.29 is 26.8 Å². The molecular weight excluding hydrogens is 586 g/mol. The number of pyridine rings is 1. The first kappa shape index (κ1) is 27.7. The summed E-state index contributed by atoms with van der Waals surface area (Å²) in [6.45, 7) is 0.00143. The van der Waals surface area contributed by atoms with Gasteiger partial charge in [0.2, 0.25) is 5.91 Å². The van der Waals surface area contributed by atoms with Gasteiger partial charge in [0.15, 0.2) is 0 Å². The first-order chi connectivity index (χ1) is 19.0. The molecule has 4 aromatic rings. The number of urea groups is 1. The fraction of sp³-hybridized carbons (Fsp3) is 0.200. The summed E-state index contributed by atoms with van der Waals surface area (Å²) in [5.41, 5.74) is 3.36. The van der Waals surface area contributed by atoms with Gasteiger partial charge in [-0.25, -0.2) is 32.6 Å². The highest BCUT2D eigenvalue weighted by Gasteiger charge is 2.34. The second kappa shape index (κ2) is 10.9. The third-order valence-electron chi connectivity index (χ3n) is 6.29. The molecule has 1 unspecified atom stereocenters. The zero-order valence-corrected chi connectivity index (χ0v) is 23.2. The summed E-state index contributed by atoms with van der Waals surface area (Å²) in [6.07, 6.45) is 1.32. The van der Waals surface area contributed by atoms with Crippen molar-refractivity contribution in [2.45, 2.75) is 18.9 Å². The van der Waals surface area contributed by atoms with Crippen molar-refractivity contribution in [2.24, 2.45) is 0 Å². The van der Waals surface area contributed by atoms with Gasteiger partial charge >= 0.3 is 16.2 Å². The number of nitrogens with zero attached hydrogens (tertiary/aromatic N) is 4. The minimum atomic E-state index is -4.44. The zero-order valence-electron chi connectivity index (χ0n) is 20.8. The summed E-state index contributed by atoms with van der Waals surface area (Å²) in [7, 11) is -2.98. The maximum absolute atomic E-state index is 13.9. The highest BCUT2D eigenvalue weighted by Crippen LogP contribution is 2.32. The number of fused-ring (bicyclic) bond motifs is 2. The van der Waals surface area contributed by atoms with Crippen LogP contribution in [0.3, 0.4) is 0 Å². The van der Waals surface area contributed by atoms with Crippen LogP contribution in [0.15, 0.2) is 54.2 Å². The van der Waals surface area contributed by atoms with Crippen LogP contribution < -0.4 is 19.2 Å². The van der Waals surface area contributed by atoms with Crippen LogP contribution in [0.1, 0.15) is 11.1 Å². The van der Waals surface area contributed by atoms with E-state index in [0.717, 1.165) is 21.1 Å². The molecule has 1 aliphatic heterocycles. The number of likely N-dealkylation sites (N-methyl/N-ethyl adjacent to an activating group) is 1. The van der Waals surface area contributed by atoms with Gasteiger partial charge in [0.25, 0.3) is 0 Å². The van der Waals surface area contributed by atoms with Crippen molar-refractivity contribution >= 4 is 66.8 Å². The predicted molar refractivity (Wildman–Crippen MR) is 148 cm³/mol. The first-order valence-electron chi connectivity index (χ1n) is 11.8. The largest absolute Gasteiger partial charge is 0.330 e. The Bertz CT molecular complexity index is 1720. The van der Waals surface area contributed by atoms with Crippen LogP contribution in [0.5, 0.6) is 0 Å². The van der Waals surface area contributed by atoms with Crippen molar-refractivity contribution in [3.05, 3.63) is 82.0 Å². The number of rotatable bonds is 7. The lowest BCUT2D eigenvalue weighted by Gasteiger charge is -2.26. The van der Waals surface area contributed by atoms with Gasteiger partial charge < -0.3 is 10.2 Å². The summed E-state index contributed by atoms with van der Waals surface area (Å²) < 4.78 is 57.6. The van der Waals surface area contributed by atoms with Crippen LogP contribution >= 0.6 is 22.9 Å². The third kappa shape index (κ3) is 5.69. The van der Waals surface area contributed by atoms with Gasteiger partial charge in [-0.2, -0.15) is 8.42 Å². The molecule has 0 saturated carbocycles. The minimum absolute atomic E-state index is 0.00143. The number of anilines is 2. The Balaban J connectivity index is 1.38. The minimum Gasteiger partial charge on any atom is -0.325 e. The Morgan fingerprint density at radius 2 is 1.90 bits per heavy atom. The Hall–Kier alpha value is -3.88. The molecule has 0 spiro atoms. The lowest BCUT2D eigenvalue weighted by Crippen LogP contribution is -2.54. The van der Waals surface area contributed by atoms with Crippen molar-refractivity contribution in [1.82, 2.24) is 20.0 Å². The second-order valence-corrected chi connectivity index (χ2v) is 11.8. The molecule has 2 aromatic carbocycles. The van der Waals surface area contributed by atoms with E-state index in [1.165, 1.54) is 35.5 Å². The number of hydrogen-bond donors (Lipinski definition) is 2. The standard InChI is InChI=1S/C25H21ClF2N6O4S2/c1-33(17-2-3-22-20(12-17)30-13-39-22)24(35)21(10-14-8-15(27)11-16(28)9-14)31-25(36)32-40(37,38)34-7-5-18-19(26)4-6-29-23(18)34/h2-4,6,8-9,11-13,21H,5,7,10H2,1H3,(H2,31,32,36). The summed E-state index contributed by atoms with van der Waals surface area (Å²) in [5, 5.41) is 2.70. The Labute approximate surface area is 236 Å². The fourth-order valence-electron chi connectivity index (χ4n) is 4.40. The molecule has 2 aromatic heterocycles. The molecule has 1 aliphatic rings. The number of halogens is 3. The van der Waals surface area contributed by atoms with E-state index in [4.69, 9.17) is 11.6 Å². The molecule has 0 radical (unpaired) electrons. The van der Waals surface area contributed by atoms with E-state index < -0.39 is 39.8 Å². The molecule has 0 aliphatic carbocycles. The second-order valence-electron chi connectivity index (χ2n) is 8.93. The van der Waals surface area contributed by atoms with Crippen molar-refractivity contribution in [3.63, 3.8) is 0 Å². The molecule has 2 N–H and O–H groups in total. The number of carbonyl (C=O) groups excluding carboxylic acids is 2. The summed E-state index contributed by atoms with van der Waals surface area (Å²) >= 11 is 7.56. The third-order valence-corrected chi connectivity index (χ3v) is 8.83. The van der Waals surface area contributed by atoms with Crippen LogP contribution in [0.2, 0.25) is 5.02 Å².